The molecule has 2 unspecified atom stereocenters. The van der Waals surface area contributed by atoms with Crippen LogP contribution in [0, 0.1) is 5.92 Å². The van der Waals surface area contributed by atoms with Crippen LogP contribution < -0.4 is 16.4 Å². The Morgan fingerprint density at radius 3 is 2.90 bits per heavy atom. The minimum Gasteiger partial charge on any atom is -0.376 e. The topological polar surface area (TPSA) is 71.7 Å². The Labute approximate surface area is 129 Å². The lowest BCUT2D eigenvalue weighted by molar-refractivity contribution is 0.123. The van der Waals surface area contributed by atoms with Gasteiger partial charge >= 0.3 is 0 Å². The van der Waals surface area contributed by atoms with Crippen LogP contribution >= 0.6 is 12.2 Å². The maximum absolute atomic E-state index is 5.72. The molecule has 0 fully saturated rings. The predicted molar refractivity (Wildman–Crippen MR) is 86.6 cm³/mol. The van der Waals surface area contributed by atoms with Gasteiger partial charge in [0.1, 0.15) is 6.17 Å². The summed E-state index contributed by atoms with van der Waals surface area (Å²) in [5, 5.41) is 6.15. The number of fused-ring (bicyclic) bond motifs is 1. The molecular weight excluding hydrogens is 284 g/mol. The zero-order valence-electron chi connectivity index (χ0n) is 11.6. The molecule has 0 aromatic heterocycles. The first-order chi connectivity index (χ1) is 10.2. The van der Waals surface area contributed by atoms with Gasteiger partial charge in [-0.3, -0.25) is 0 Å². The Morgan fingerprint density at radius 2 is 2.10 bits per heavy atom. The number of aliphatic imine (C=N–C) groups is 1. The molecule has 0 bridgehead atoms. The van der Waals surface area contributed by atoms with Gasteiger partial charge in [0.15, 0.2) is 5.96 Å². The van der Waals surface area contributed by atoms with E-state index in [0.29, 0.717) is 19.2 Å². The Bertz CT molecular complexity index is 585. The van der Waals surface area contributed by atoms with E-state index in [2.05, 4.69) is 27.8 Å². The molecule has 0 spiro atoms. The molecule has 6 heteroatoms. The van der Waals surface area contributed by atoms with Gasteiger partial charge in [-0.2, -0.15) is 0 Å². The van der Waals surface area contributed by atoms with Gasteiger partial charge in [0.2, 0.25) is 0 Å². The van der Waals surface area contributed by atoms with Gasteiger partial charge < -0.3 is 21.1 Å². The summed E-state index contributed by atoms with van der Waals surface area (Å²) in [6, 6.07) is 10.2. The van der Waals surface area contributed by atoms with Gasteiger partial charge in [0.25, 0.3) is 0 Å². The van der Waals surface area contributed by atoms with Gasteiger partial charge in [-0.1, -0.05) is 42.5 Å². The van der Waals surface area contributed by atoms with E-state index in [9.17, 15) is 0 Å². The number of nitrogens with zero attached hydrogens (tertiary/aromatic N) is 1. The SMILES string of the molecule is NC1=NC2NC=C(CCOCc3ccccc3)C2C(=S)N1. The van der Waals surface area contributed by atoms with E-state index in [4.69, 9.17) is 22.7 Å². The number of rotatable bonds is 5. The van der Waals surface area contributed by atoms with Crippen LogP contribution in [0.2, 0.25) is 0 Å². The summed E-state index contributed by atoms with van der Waals surface area (Å²) in [7, 11) is 0. The fraction of sp³-hybridized carbons (Fsp3) is 0.333. The maximum Gasteiger partial charge on any atom is 0.195 e. The standard InChI is InChI=1S/C15H18N4OS/c16-15-18-13-12(14(21)19-15)11(8-17-13)6-7-20-9-10-4-2-1-3-5-10/h1-5,8,12-13,17H,6-7,9H2,(H3,16,18,19,21). The molecule has 0 saturated carbocycles. The van der Waals surface area contributed by atoms with E-state index in [1.54, 1.807) is 0 Å². The Balaban J connectivity index is 1.49. The first kappa shape index (κ1) is 14.0. The van der Waals surface area contributed by atoms with Crippen molar-refractivity contribution in [1.82, 2.24) is 10.6 Å². The van der Waals surface area contributed by atoms with E-state index in [0.717, 1.165) is 11.4 Å². The third kappa shape index (κ3) is 3.22. The molecule has 3 rings (SSSR count). The second kappa shape index (κ2) is 6.24. The van der Waals surface area contributed by atoms with Gasteiger partial charge in [-0.25, -0.2) is 4.99 Å². The summed E-state index contributed by atoms with van der Waals surface area (Å²) < 4.78 is 5.72. The van der Waals surface area contributed by atoms with Gasteiger partial charge in [-0.15, -0.1) is 0 Å². The summed E-state index contributed by atoms with van der Waals surface area (Å²) in [6.07, 6.45) is 2.75. The third-order valence-electron chi connectivity index (χ3n) is 3.61. The maximum atomic E-state index is 5.72. The number of guanidine groups is 1. The lowest BCUT2D eigenvalue weighted by atomic mass is 9.96. The molecule has 2 aliphatic rings. The number of hydrogen-bond donors (Lipinski definition) is 3. The number of nitrogens with one attached hydrogen (secondary N) is 2. The van der Waals surface area contributed by atoms with Crippen molar-refractivity contribution in [3.8, 4) is 0 Å². The van der Waals surface area contributed by atoms with Crippen molar-refractivity contribution in [3.63, 3.8) is 0 Å². The molecule has 1 aromatic rings. The highest BCUT2D eigenvalue weighted by Gasteiger charge is 2.35. The summed E-state index contributed by atoms with van der Waals surface area (Å²) in [5.74, 6) is 0.469. The fourth-order valence-electron chi connectivity index (χ4n) is 2.57. The van der Waals surface area contributed by atoms with Crippen molar-refractivity contribution in [3.05, 3.63) is 47.7 Å². The van der Waals surface area contributed by atoms with E-state index in [1.807, 2.05) is 24.4 Å². The summed E-state index contributed by atoms with van der Waals surface area (Å²) in [4.78, 5) is 5.04. The number of hydrogen-bond acceptors (Lipinski definition) is 5. The average molecular weight is 302 g/mol. The molecule has 2 heterocycles. The number of nitrogens with two attached hydrogens (primary N) is 1. The van der Waals surface area contributed by atoms with Gasteiger partial charge in [-0.05, 0) is 23.8 Å². The lowest BCUT2D eigenvalue weighted by Gasteiger charge is -2.26. The molecule has 5 nitrogen and oxygen atoms in total. The van der Waals surface area contributed by atoms with Crippen LogP contribution in [0.3, 0.4) is 0 Å². The second-order valence-corrected chi connectivity index (χ2v) is 5.54. The fourth-order valence-corrected chi connectivity index (χ4v) is 2.96. The zero-order chi connectivity index (χ0) is 14.7. The van der Waals surface area contributed by atoms with E-state index in [1.165, 1.54) is 11.1 Å². The first-order valence-electron chi connectivity index (χ1n) is 6.95. The molecule has 0 saturated heterocycles. The molecule has 2 aliphatic heterocycles. The van der Waals surface area contributed by atoms with Crippen LogP contribution in [-0.2, 0) is 11.3 Å². The minimum absolute atomic E-state index is 0.0668. The smallest absolute Gasteiger partial charge is 0.195 e. The van der Waals surface area contributed by atoms with Crippen LogP contribution in [0.5, 0.6) is 0 Å². The molecule has 4 N–H and O–H groups in total. The molecular formula is C15H18N4OS. The largest absolute Gasteiger partial charge is 0.376 e. The molecule has 0 aliphatic carbocycles. The normalized spacial score (nSPS) is 23.7. The molecule has 2 atom stereocenters. The van der Waals surface area contributed by atoms with E-state index in [-0.39, 0.29) is 12.1 Å². The lowest BCUT2D eigenvalue weighted by Crippen LogP contribution is -2.49. The summed E-state index contributed by atoms with van der Waals surface area (Å²) >= 11 is 5.36. The first-order valence-corrected chi connectivity index (χ1v) is 7.35. The molecule has 0 radical (unpaired) electrons. The predicted octanol–water partition coefficient (Wildman–Crippen LogP) is 1.27. The highest BCUT2D eigenvalue weighted by molar-refractivity contribution is 7.80. The number of benzene rings is 1. The summed E-state index contributed by atoms with van der Waals surface area (Å²) in [6.45, 7) is 1.29. The van der Waals surface area contributed by atoms with Gasteiger partial charge in [0, 0.05) is 0 Å². The Kier molecular flexibility index (Phi) is 4.17. The van der Waals surface area contributed by atoms with Crippen molar-refractivity contribution >= 4 is 23.2 Å². The zero-order valence-corrected chi connectivity index (χ0v) is 12.4. The number of thiocarbonyl (C=S) groups is 1. The Hall–Kier alpha value is -1.92. The van der Waals surface area contributed by atoms with Crippen molar-refractivity contribution < 1.29 is 4.74 Å². The van der Waals surface area contributed by atoms with Crippen molar-refractivity contribution in [2.45, 2.75) is 19.2 Å². The van der Waals surface area contributed by atoms with Crippen LogP contribution in [0.25, 0.3) is 0 Å². The quantitative estimate of drug-likeness (QED) is 0.564. The summed E-state index contributed by atoms with van der Waals surface area (Å²) in [5.41, 5.74) is 8.07. The monoisotopic (exact) mass is 302 g/mol. The third-order valence-corrected chi connectivity index (χ3v) is 3.97. The van der Waals surface area contributed by atoms with Crippen molar-refractivity contribution in [2.75, 3.05) is 6.61 Å². The minimum atomic E-state index is -0.0668. The molecule has 0 amide bonds. The highest BCUT2D eigenvalue weighted by Crippen LogP contribution is 2.27. The van der Waals surface area contributed by atoms with Crippen LogP contribution in [0.4, 0.5) is 0 Å². The second-order valence-electron chi connectivity index (χ2n) is 5.10. The molecule has 110 valence electrons. The Morgan fingerprint density at radius 1 is 1.29 bits per heavy atom. The molecule has 1 aromatic carbocycles. The van der Waals surface area contributed by atoms with Crippen LogP contribution in [0.1, 0.15) is 12.0 Å². The van der Waals surface area contributed by atoms with Crippen LogP contribution in [0.15, 0.2) is 47.1 Å². The average Bonchev–Trinajstić information content (AvgIpc) is 2.88. The van der Waals surface area contributed by atoms with Crippen molar-refractivity contribution in [2.24, 2.45) is 16.6 Å². The molecule has 21 heavy (non-hydrogen) atoms. The van der Waals surface area contributed by atoms with Crippen LogP contribution in [-0.4, -0.2) is 23.7 Å². The van der Waals surface area contributed by atoms with E-state index >= 15 is 0 Å². The van der Waals surface area contributed by atoms with E-state index < -0.39 is 0 Å². The highest BCUT2D eigenvalue weighted by atomic mass is 32.1. The van der Waals surface area contributed by atoms with Crippen molar-refractivity contribution in [1.29, 1.82) is 0 Å². The van der Waals surface area contributed by atoms with Gasteiger partial charge in [0.05, 0.1) is 24.1 Å². The number of ether oxygens (including phenoxy) is 1.